The molecule has 1 heterocycles. The molecule has 0 aromatic heterocycles. The van der Waals surface area contributed by atoms with Crippen LogP contribution in [0.1, 0.15) is 33.6 Å². The lowest BCUT2D eigenvalue weighted by Crippen LogP contribution is -2.43. The Hall–Kier alpha value is -0.990. The van der Waals surface area contributed by atoms with Crippen LogP contribution in [0.5, 0.6) is 0 Å². The number of likely N-dealkylation sites (tertiary alicyclic amines) is 1. The van der Waals surface area contributed by atoms with Crippen LogP contribution in [0.2, 0.25) is 0 Å². The third-order valence-corrected chi connectivity index (χ3v) is 2.73. The van der Waals surface area contributed by atoms with Crippen molar-refractivity contribution >= 4 is 5.96 Å². The van der Waals surface area contributed by atoms with Gasteiger partial charge in [0.15, 0.2) is 5.96 Å². The Balaban J connectivity index is 2.44. The fourth-order valence-corrected chi connectivity index (χ4v) is 1.82. The van der Waals surface area contributed by atoms with E-state index in [1.54, 1.807) is 0 Å². The molecule has 1 unspecified atom stereocenters. The molecule has 1 saturated heterocycles. The van der Waals surface area contributed by atoms with E-state index in [0.29, 0.717) is 12.5 Å². The smallest absolute Gasteiger partial charge is 0.191 e. The van der Waals surface area contributed by atoms with Crippen LogP contribution in [0, 0.1) is 5.92 Å². The Labute approximate surface area is 93.1 Å². The van der Waals surface area contributed by atoms with Crippen LogP contribution in [-0.2, 0) is 0 Å². The van der Waals surface area contributed by atoms with Gasteiger partial charge in [0, 0.05) is 13.1 Å². The summed E-state index contributed by atoms with van der Waals surface area (Å²) in [7, 11) is 0. The molecule has 0 aromatic carbocycles. The number of nitrogens with two attached hydrogens (primary N) is 1. The van der Waals surface area contributed by atoms with Gasteiger partial charge in [-0.3, -0.25) is 0 Å². The molecule has 1 fully saturated rings. The van der Waals surface area contributed by atoms with E-state index in [1.807, 2.05) is 0 Å². The maximum atomic E-state index is 5.94. The lowest BCUT2D eigenvalue weighted by atomic mass is 10.0. The van der Waals surface area contributed by atoms with Gasteiger partial charge in [-0.05, 0) is 32.6 Å². The van der Waals surface area contributed by atoms with Crippen molar-refractivity contribution in [2.75, 3.05) is 19.6 Å². The highest BCUT2D eigenvalue weighted by Gasteiger charge is 2.17. The molecule has 3 nitrogen and oxygen atoms in total. The second-order valence-electron chi connectivity index (χ2n) is 4.67. The predicted octanol–water partition coefficient (Wildman–Crippen LogP) is 2.00. The average molecular weight is 209 g/mol. The number of nitrogens with zero attached hydrogens (tertiary/aromatic N) is 2. The van der Waals surface area contributed by atoms with Crippen molar-refractivity contribution in [3.63, 3.8) is 0 Å². The second kappa shape index (κ2) is 5.79. The van der Waals surface area contributed by atoms with Gasteiger partial charge in [-0.1, -0.05) is 18.6 Å². The Bertz CT molecular complexity index is 252. The Morgan fingerprint density at radius 2 is 2.27 bits per heavy atom. The van der Waals surface area contributed by atoms with E-state index in [4.69, 9.17) is 5.73 Å². The highest BCUT2D eigenvalue weighted by Crippen LogP contribution is 2.14. The number of guanidine groups is 1. The van der Waals surface area contributed by atoms with Crippen LogP contribution in [0.4, 0.5) is 0 Å². The molecule has 1 atom stereocenters. The molecule has 0 saturated carbocycles. The average Bonchev–Trinajstić information content (AvgIpc) is 2.17. The van der Waals surface area contributed by atoms with Crippen LogP contribution in [0.3, 0.4) is 0 Å². The van der Waals surface area contributed by atoms with E-state index in [1.165, 1.54) is 18.4 Å². The van der Waals surface area contributed by atoms with Gasteiger partial charge >= 0.3 is 0 Å². The maximum absolute atomic E-state index is 5.94. The van der Waals surface area contributed by atoms with Crippen molar-refractivity contribution in [2.45, 2.75) is 33.6 Å². The first-order chi connectivity index (χ1) is 7.09. The maximum Gasteiger partial charge on any atom is 0.191 e. The number of allylic oxidation sites excluding steroid dienone is 1. The summed E-state index contributed by atoms with van der Waals surface area (Å²) < 4.78 is 0. The molecule has 0 spiro atoms. The lowest BCUT2D eigenvalue weighted by Gasteiger charge is -2.31. The quantitative estimate of drug-likeness (QED) is 0.429. The number of rotatable bonds is 2. The summed E-state index contributed by atoms with van der Waals surface area (Å²) in [6.45, 7) is 9.26. The molecule has 0 bridgehead atoms. The van der Waals surface area contributed by atoms with E-state index >= 15 is 0 Å². The van der Waals surface area contributed by atoms with Gasteiger partial charge < -0.3 is 10.6 Å². The topological polar surface area (TPSA) is 41.6 Å². The summed E-state index contributed by atoms with van der Waals surface area (Å²) >= 11 is 0. The molecule has 1 rings (SSSR count). The van der Waals surface area contributed by atoms with Crippen molar-refractivity contribution < 1.29 is 0 Å². The first-order valence-corrected chi connectivity index (χ1v) is 5.78. The van der Waals surface area contributed by atoms with Crippen LogP contribution < -0.4 is 5.73 Å². The molecular weight excluding hydrogens is 186 g/mol. The van der Waals surface area contributed by atoms with Crippen LogP contribution in [0.15, 0.2) is 16.6 Å². The summed E-state index contributed by atoms with van der Waals surface area (Å²) in [6, 6.07) is 0. The van der Waals surface area contributed by atoms with Crippen molar-refractivity contribution in [1.82, 2.24) is 4.90 Å². The zero-order valence-electron chi connectivity index (χ0n) is 10.2. The zero-order valence-corrected chi connectivity index (χ0v) is 10.2. The van der Waals surface area contributed by atoms with Crippen molar-refractivity contribution in [1.29, 1.82) is 0 Å². The summed E-state index contributed by atoms with van der Waals surface area (Å²) in [4.78, 5) is 6.57. The van der Waals surface area contributed by atoms with Gasteiger partial charge in [0.2, 0.25) is 0 Å². The Kier molecular flexibility index (Phi) is 4.66. The molecule has 1 aliphatic rings. The van der Waals surface area contributed by atoms with Crippen LogP contribution >= 0.6 is 0 Å². The summed E-state index contributed by atoms with van der Waals surface area (Å²) in [5.41, 5.74) is 7.23. The molecule has 0 aromatic rings. The summed E-state index contributed by atoms with van der Waals surface area (Å²) in [6.07, 6.45) is 4.65. The van der Waals surface area contributed by atoms with Crippen molar-refractivity contribution in [3.05, 3.63) is 11.6 Å². The minimum Gasteiger partial charge on any atom is -0.370 e. The number of hydrogen-bond donors (Lipinski definition) is 1. The molecule has 86 valence electrons. The first kappa shape index (κ1) is 12.1. The zero-order chi connectivity index (χ0) is 11.3. The monoisotopic (exact) mass is 209 g/mol. The Morgan fingerprint density at radius 1 is 1.53 bits per heavy atom. The fourth-order valence-electron chi connectivity index (χ4n) is 1.82. The molecule has 0 amide bonds. The molecule has 0 aliphatic carbocycles. The molecule has 1 aliphatic heterocycles. The summed E-state index contributed by atoms with van der Waals surface area (Å²) in [5, 5.41) is 0. The van der Waals surface area contributed by atoms with Crippen LogP contribution in [0.25, 0.3) is 0 Å². The van der Waals surface area contributed by atoms with E-state index in [9.17, 15) is 0 Å². The predicted molar refractivity (Wildman–Crippen MR) is 65.9 cm³/mol. The van der Waals surface area contributed by atoms with E-state index in [0.717, 1.165) is 19.0 Å². The molecular formula is C12H23N3. The third-order valence-electron chi connectivity index (χ3n) is 2.73. The number of aliphatic imine (C=N–C) groups is 1. The highest BCUT2D eigenvalue weighted by atomic mass is 15.3. The summed E-state index contributed by atoms with van der Waals surface area (Å²) in [5.74, 6) is 1.45. The minimum absolute atomic E-state index is 0.707. The first-order valence-electron chi connectivity index (χ1n) is 5.78. The van der Waals surface area contributed by atoms with Gasteiger partial charge in [-0.15, -0.1) is 0 Å². The lowest BCUT2D eigenvalue weighted by molar-refractivity contribution is 0.270. The standard InChI is InChI=1S/C12H23N3/c1-10(2)6-7-14-12(13)15-8-4-5-11(3)9-15/h6,11H,4-5,7-9H2,1-3H3,(H2,13,14). The molecule has 0 radical (unpaired) electrons. The van der Waals surface area contributed by atoms with Gasteiger partial charge in [0.25, 0.3) is 0 Å². The SMILES string of the molecule is CC(C)=CCN=C(N)N1CCCC(C)C1. The Morgan fingerprint density at radius 3 is 2.87 bits per heavy atom. The van der Waals surface area contributed by atoms with Gasteiger partial charge in [0.1, 0.15) is 0 Å². The normalized spacial score (nSPS) is 22.7. The van der Waals surface area contributed by atoms with Gasteiger partial charge in [-0.25, -0.2) is 4.99 Å². The minimum atomic E-state index is 0.707. The van der Waals surface area contributed by atoms with Crippen molar-refractivity contribution in [2.24, 2.45) is 16.6 Å². The van der Waals surface area contributed by atoms with Gasteiger partial charge in [-0.2, -0.15) is 0 Å². The third kappa shape index (κ3) is 4.36. The second-order valence-corrected chi connectivity index (χ2v) is 4.67. The van der Waals surface area contributed by atoms with E-state index < -0.39 is 0 Å². The largest absolute Gasteiger partial charge is 0.370 e. The van der Waals surface area contributed by atoms with E-state index in [2.05, 4.69) is 36.7 Å². The number of hydrogen-bond acceptors (Lipinski definition) is 1. The molecule has 3 heteroatoms. The fraction of sp³-hybridized carbons (Fsp3) is 0.750. The highest BCUT2D eigenvalue weighted by molar-refractivity contribution is 5.78. The molecule has 2 N–H and O–H groups in total. The number of piperidine rings is 1. The van der Waals surface area contributed by atoms with Crippen LogP contribution in [-0.4, -0.2) is 30.5 Å². The molecule has 15 heavy (non-hydrogen) atoms. The van der Waals surface area contributed by atoms with E-state index in [-0.39, 0.29) is 0 Å². The van der Waals surface area contributed by atoms with Gasteiger partial charge in [0.05, 0.1) is 6.54 Å². The van der Waals surface area contributed by atoms with Crippen molar-refractivity contribution in [3.8, 4) is 0 Å².